The lowest BCUT2D eigenvalue weighted by Gasteiger charge is -2.21. The Morgan fingerprint density at radius 3 is 2.48 bits per heavy atom. The fourth-order valence-electron chi connectivity index (χ4n) is 1.99. The zero-order chi connectivity index (χ0) is 14.7. The molecular formula is C16H15N3O2. The fourth-order valence-corrected chi connectivity index (χ4v) is 1.99. The van der Waals surface area contributed by atoms with E-state index in [4.69, 9.17) is 0 Å². The van der Waals surface area contributed by atoms with Crippen molar-refractivity contribution >= 4 is 17.6 Å². The minimum atomic E-state index is -0.403. The molecule has 3 rings (SSSR count). The second-order valence-corrected chi connectivity index (χ2v) is 4.94. The summed E-state index contributed by atoms with van der Waals surface area (Å²) in [6, 6.07) is 11.9. The standard InChI is InChI=1S/C16H15N3O2/c20-15(12-5-2-1-3-6-12)19(14-7-4-10-17-11-14)16(21)18-13-8-9-13/h1-7,10-11,13H,8-9H2,(H,18,21). The Labute approximate surface area is 122 Å². The number of benzene rings is 1. The van der Waals surface area contributed by atoms with Gasteiger partial charge in [0, 0.05) is 17.8 Å². The molecule has 1 aliphatic rings. The number of nitrogens with zero attached hydrogens (tertiary/aromatic N) is 2. The quantitative estimate of drug-likeness (QED) is 0.940. The zero-order valence-corrected chi connectivity index (χ0v) is 11.4. The Hall–Kier alpha value is -2.69. The first-order chi connectivity index (χ1) is 10.3. The molecule has 0 atom stereocenters. The first-order valence-electron chi connectivity index (χ1n) is 6.86. The lowest BCUT2D eigenvalue weighted by molar-refractivity contribution is 0.0993. The zero-order valence-electron chi connectivity index (χ0n) is 11.4. The molecule has 1 heterocycles. The molecule has 1 aliphatic carbocycles. The van der Waals surface area contributed by atoms with E-state index in [1.165, 1.54) is 6.20 Å². The van der Waals surface area contributed by atoms with Crippen LogP contribution in [-0.2, 0) is 0 Å². The van der Waals surface area contributed by atoms with Crippen LogP contribution in [0.5, 0.6) is 0 Å². The molecule has 0 saturated heterocycles. The average Bonchev–Trinajstić information content (AvgIpc) is 3.33. The van der Waals surface area contributed by atoms with E-state index in [1.807, 2.05) is 6.07 Å². The minimum absolute atomic E-state index is 0.181. The first kappa shape index (κ1) is 13.3. The number of carbonyl (C=O) groups excluding carboxylic acids is 2. The number of urea groups is 1. The topological polar surface area (TPSA) is 62.3 Å². The van der Waals surface area contributed by atoms with Crippen LogP contribution < -0.4 is 10.2 Å². The van der Waals surface area contributed by atoms with Gasteiger partial charge >= 0.3 is 6.03 Å². The van der Waals surface area contributed by atoms with Gasteiger partial charge in [0.2, 0.25) is 0 Å². The number of aromatic nitrogens is 1. The maximum atomic E-state index is 12.6. The van der Waals surface area contributed by atoms with Crippen molar-refractivity contribution in [3.63, 3.8) is 0 Å². The molecule has 0 radical (unpaired) electrons. The van der Waals surface area contributed by atoms with Gasteiger partial charge in [-0.15, -0.1) is 0 Å². The number of amides is 3. The van der Waals surface area contributed by atoms with Crippen LogP contribution in [0.1, 0.15) is 23.2 Å². The van der Waals surface area contributed by atoms with Gasteiger partial charge in [-0.1, -0.05) is 18.2 Å². The third kappa shape index (κ3) is 3.08. The normalized spacial score (nSPS) is 13.5. The summed E-state index contributed by atoms with van der Waals surface area (Å²) in [7, 11) is 0. The molecular weight excluding hydrogens is 266 g/mol. The SMILES string of the molecule is O=C(NC1CC1)N(C(=O)c1ccccc1)c1cccnc1. The fraction of sp³-hybridized carbons (Fsp3) is 0.188. The van der Waals surface area contributed by atoms with Gasteiger partial charge in [0.25, 0.3) is 5.91 Å². The molecule has 0 bridgehead atoms. The number of nitrogens with one attached hydrogen (secondary N) is 1. The summed E-state index contributed by atoms with van der Waals surface area (Å²) in [4.78, 5) is 30.1. The van der Waals surface area contributed by atoms with Gasteiger partial charge in [-0.3, -0.25) is 9.78 Å². The van der Waals surface area contributed by atoms with Crippen LogP contribution >= 0.6 is 0 Å². The smallest absolute Gasteiger partial charge is 0.329 e. The van der Waals surface area contributed by atoms with Crippen LogP contribution in [0.4, 0.5) is 10.5 Å². The highest BCUT2D eigenvalue weighted by Crippen LogP contribution is 2.21. The van der Waals surface area contributed by atoms with Crippen LogP contribution in [-0.4, -0.2) is 23.0 Å². The van der Waals surface area contributed by atoms with Gasteiger partial charge in [0.05, 0.1) is 11.9 Å². The Balaban J connectivity index is 1.91. The van der Waals surface area contributed by atoms with E-state index >= 15 is 0 Å². The Kier molecular flexibility index (Phi) is 3.64. The summed E-state index contributed by atoms with van der Waals surface area (Å²) in [6.45, 7) is 0. The van der Waals surface area contributed by atoms with Gasteiger partial charge < -0.3 is 5.32 Å². The highest BCUT2D eigenvalue weighted by molar-refractivity contribution is 6.20. The van der Waals surface area contributed by atoms with E-state index in [2.05, 4.69) is 10.3 Å². The maximum absolute atomic E-state index is 12.6. The van der Waals surface area contributed by atoms with Crippen LogP contribution in [0.15, 0.2) is 54.9 Å². The summed E-state index contributed by atoms with van der Waals surface area (Å²) in [5.74, 6) is -0.359. The van der Waals surface area contributed by atoms with Crippen molar-refractivity contribution in [2.45, 2.75) is 18.9 Å². The summed E-state index contributed by atoms with van der Waals surface area (Å²) >= 11 is 0. The van der Waals surface area contributed by atoms with E-state index in [9.17, 15) is 9.59 Å². The molecule has 0 unspecified atom stereocenters. The van der Waals surface area contributed by atoms with Crippen LogP contribution in [0, 0.1) is 0 Å². The van der Waals surface area contributed by atoms with Gasteiger partial charge in [-0.05, 0) is 37.1 Å². The van der Waals surface area contributed by atoms with Crippen LogP contribution in [0.3, 0.4) is 0 Å². The van der Waals surface area contributed by atoms with Crippen molar-refractivity contribution in [2.75, 3.05) is 4.90 Å². The largest absolute Gasteiger partial charge is 0.335 e. The molecule has 21 heavy (non-hydrogen) atoms. The molecule has 106 valence electrons. The number of hydrogen-bond donors (Lipinski definition) is 1. The molecule has 5 nitrogen and oxygen atoms in total. The molecule has 1 aromatic heterocycles. The van der Waals surface area contributed by atoms with Crippen molar-refractivity contribution in [3.05, 3.63) is 60.4 Å². The van der Waals surface area contributed by atoms with E-state index in [0.29, 0.717) is 11.3 Å². The summed E-state index contributed by atoms with van der Waals surface area (Å²) < 4.78 is 0. The third-order valence-electron chi connectivity index (χ3n) is 3.24. The second-order valence-electron chi connectivity index (χ2n) is 4.94. The van der Waals surface area contributed by atoms with E-state index < -0.39 is 6.03 Å². The number of carbonyl (C=O) groups is 2. The van der Waals surface area contributed by atoms with Crippen molar-refractivity contribution in [1.29, 1.82) is 0 Å². The second kappa shape index (κ2) is 5.75. The molecule has 2 aromatic rings. The monoisotopic (exact) mass is 281 g/mol. The third-order valence-corrected chi connectivity index (χ3v) is 3.24. The Morgan fingerprint density at radius 1 is 1.10 bits per heavy atom. The number of hydrogen-bond acceptors (Lipinski definition) is 3. The Bertz CT molecular complexity index is 639. The lowest BCUT2D eigenvalue weighted by Crippen LogP contribution is -2.45. The minimum Gasteiger partial charge on any atom is -0.335 e. The first-order valence-corrected chi connectivity index (χ1v) is 6.86. The van der Waals surface area contributed by atoms with Gasteiger partial charge in [-0.25, -0.2) is 9.69 Å². The maximum Gasteiger partial charge on any atom is 0.329 e. The summed E-state index contributed by atoms with van der Waals surface area (Å²) in [5.41, 5.74) is 0.928. The highest BCUT2D eigenvalue weighted by Gasteiger charge is 2.30. The van der Waals surface area contributed by atoms with E-state index in [-0.39, 0.29) is 11.9 Å². The average molecular weight is 281 g/mol. The van der Waals surface area contributed by atoms with Crippen LogP contribution in [0.25, 0.3) is 0 Å². The number of rotatable bonds is 3. The van der Waals surface area contributed by atoms with Gasteiger partial charge in [0.1, 0.15) is 0 Å². The molecule has 1 fully saturated rings. The molecule has 0 spiro atoms. The van der Waals surface area contributed by atoms with Crippen molar-refractivity contribution in [2.24, 2.45) is 0 Å². The predicted molar refractivity (Wildman–Crippen MR) is 79.0 cm³/mol. The van der Waals surface area contributed by atoms with Crippen molar-refractivity contribution < 1.29 is 9.59 Å². The number of imide groups is 1. The molecule has 5 heteroatoms. The van der Waals surface area contributed by atoms with E-state index in [0.717, 1.165) is 17.7 Å². The molecule has 3 amide bonds. The Morgan fingerprint density at radius 2 is 1.86 bits per heavy atom. The van der Waals surface area contributed by atoms with Gasteiger partial charge in [0.15, 0.2) is 0 Å². The van der Waals surface area contributed by atoms with Crippen molar-refractivity contribution in [1.82, 2.24) is 10.3 Å². The van der Waals surface area contributed by atoms with E-state index in [1.54, 1.807) is 42.6 Å². The number of anilines is 1. The molecule has 1 aromatic carbocycles. The van der Waals surface area contributed by atoms with Crippen LogP contribution in [0.2, 0.25) is 0 Å². The van der Waals surface area contributed by atoms with Gasteiger partial charge in [-0.2, -0.15) is 0 Å². The summed E-state index contributed by atoms with van der Waals surface area (Å²) in [6.07, 6.45) is 5.04. The molecule has 1 saturated carbocycles. The molecule has 0 aliphatic heterocycles. The highest BCUT2D eigenvalue weighted by atomic mass is 16.2. The predicted octanol–water partition coefficient (Wildman–Crippen LogP) is 2.60. The number of pyridine rings is 1. The van der Waals surface area contributed by atoms with Crippen molar-refractivity contribution in [3.8, 4) is 0 Å². The summed E-state index contributed by atoms with van der Waals surface area (Å²) in [5, 5.41) is 2.84. The lowest BCUT2D eigenvalue weighted by atomic mass is 10.2. The molecule has 1 N–H and O–H groups in total.